The molecule has 1 aliphatic rings. The van der Waals surface area contributed by atoms with Gasteiger partial charge in [0.1, 0.15) is 11.5 Å². The molecule has 3 atom stereocenters. The molecule has 0 aliphatic heterocycles. The Balaban J connectivity index is 1.54. The molecule has 1 unspecified atom stereocenters. The largest absolute Gasteiger partial charge is 0.479 e. The van der Waals surface area contributed by atoms with Crippen molar-refractivity contribution >= 4 is 22.8 Å². The number of amides is 1. The Kier molecular flexibility index (Phi) is 5.77. The zero-order chi connectivity index (χ0) is 23.0. The predicted octanol–water partition coefficient (Wildman–Crippen LogP) is 4.26. The van der Waals surface area contributed by atoms with Crippen LogP contribution in [0.1, 0.15) is 48.3 Å². The van der Waals surface area contributed by atoms with Crippen LogP contribution in [-0.4, -0.2) is 40.7 Å². The number of carbonyl (C=O) groups is 2. The molecule has 32 heavy (non-hydrogen) atoms. The van der Waals surface area contributed by atoms with Crippen molar-refractivity contribution in [1.29, 1.82) is 0 Å². The summed E-state index contributed by atoms with van der Waals surface area (Å²) in [7, 11) is 0. The Bertz CT molecular complexity index is 1160. The Morgan fingerprint density at radius 2 is 1.97 bits per heavy atom. The second kappa shape index (κ2) is 8.39. The Hall–Kier alpha value is -3.19. The van der Waals surface area contributed by atoms with Crippen LogP contribution in [0, 0.1) is 11.2 Å². The molecule has 0 fully saturated rings. The van der Waals surface area contributed by atoms with E-state index in [1.165, 1.54) is 12.1 Å². The van der Waals surface area contributed by atoms with Crippen LogP contribution in [0.25, 0.3) is 10.9 Å². The van der Waals surface area contributed by atoms with Gasteiger partial charge >= 0.3 is 5.97 Å². The lowest BCUT2D eigenvalue weighted by molar-refractivity contribution is -0.158. The van der Waals surface area contributed by atoms with Crippen molar-refractivity contribution < 1.29 is 23.8 Å². The van der Waals surface area contributed by atoms with Crippen LogP contribution in [0.3, 0.4) is 0 Å². The van der Waals surface area contributed by atoms with Crippen molar-refractivity contribution in [3.63, 3.8) is 0 Å². The number of hydrogen-bond acceptors (Lipinski definition) is 3. The van der Waals surface area contributed by atoms with Gasteiger partial charge in [-0.1, -0.05) is 45.0 Å². The molecule has 0 bridgehead atoms. The minimum Gasteiger partial charge on any atom is -0.479 e. The van der Waals surface area contributed by atoms with Gasteiger partial charge in [-0.15, -0.1) is 0 Å². The number of ether oxygens (including phenoxy) is 1. The molecule has 1 aromatic heterocycles. The van der Waals surface area contributed by atoms with Crippen molar-refractivity contribution in [3.05, 3.63) is 71.2 Å². The summed E-state index contributed by atoms with van der Waals surface area (Å²) in [6.07, 6.45) is -0.340. The maximum atomic E-state index is 13.5. The van der Waals surface area contributed by atoms with Gasteiger partial charge in [-0.3, -0.25) is 4.79 Å². The average Bonchev–Trinajstić information content (AvgIpc) is 3.28. The van der Waals surface area contributed by atoms with Gasteiger partial charge in [-0.2, -0.15) is 0 Å². The Morgan fingerprint density at radius 3 is 2.69 bits per heavy atom. The summed E-state index contributed by atoms with van der Waals surface area (Å²) in [6, 6.07) is 13.6. The van der Waals surface area contributed by atoms with Crippen molar-refractivity contribution in [1.82, 2.24) is 10.3 Å². The van der Waals surface area contributed by atoms with E-state index >= 15 is 0 Å². The molecular formula is C25H27FN2O4. The van der Waals surface area contributed by atoms with E-state index < -0.39 is 17.5 Å². The van der Waals surface area contributed by atoms with E-state index in [0.717, 1.165) is 11.1 Å². The SMILES string of the molecule is CC(C)(C)C(OC[C@@H]1c2ccccc2C[C@H]1NC(=O)c1cc2cc(F)ccc2[nH]1)C(=O)O. The number of carboxylic acid groups (broad SMARTS) is 1. The highest BCUT2D eigenvalue weighted by Crippen LogP contribution is 2.35. The lowest BCUT2D eigenvalue weighted by Gasteiger charge is -2.30. The third-order valence-electron chi connectivity index (χ3n) is 5.98. The van der Waals surface area contributed by atoms with Gasteiger partial charge in [0.15, 0.2) is 6.10 Å². The molecular weight excluding hydrogens is 411 g/mol. The summed E-state index contributed by atoms with van der Waals surface area (Å²) in [5.74, 6) is -1.84. The molecule has 3 aromatic rings. The van der Waals surface area contributed by atoms with E-state index in [-0.39, 0.29) is 30.3 Å². The number of carboxylic acids is 1. The molecule has 3 N–H and O–H groups in total. The number of aliphatic carboxylic acids is 1. The van der Waals surface area contributed by atoms with Gasteiger partial charge in [0.05, 0.1) is 6.61 Å². The first-order chi connectivity index (χ1) is 15.1. The number of halogens is 1. The zero-order valence-electron chi connectivity index (χ0n) is 18.3. The summed E-state index contributed by atoms with van der Waals surface area (Å²) in [6.45, 7) is 5.65. The molecule has 1 aliphatic carbocycles. The zero-order valence-corrected chi connectivity index (χ0v) is 18.3. The molecule has 1 amide bonds. The summed E-state index contributed by atoms with van der Waals surface area (Å²) in [5.41, 5.74) is 2.62. The number of benzene rings is 2. The summed E-state index contributed by atoms with van der Waals surface area (Å²) in [5, 5.41) is 13.3. The van der Waals surface area contributed by atoms with Crippen LogP contribution in [0.2, 0.25) is 0 Å². The van der Waals surface area contributed by atoms with E-state index in [2.05, 4.69) is 10.3 Å². The second-order valence-electron chi connectivity index (χ2n) is 9.42. The van der Waals surface area contributed by atoms with Crippen LogP contribution in [-0.2, 0) is 16.0 Å². The number of hydrogen-bond donors (Lipinski definition) is 3. The summed E-state index contributed by atoms with van der Waals surface area (Å²) < 4.78 is 19.4. The first-order valence-corrected chi connectivity index (χ1v) is 10.6. The average molecular weight is 438 g/mol. The Labute approximate surface area is 185 Å². The summed E-state index contributed by atoms with van der Waals surface area (Å²) >= 11 is 0. The smallest absolute Gasteiger partial charge is 0.333 e. The number of nitrogens with one attached hydrogen (secondary N) is 2. The fourth-order valence-electron chi connectivity index (χ4n) is 4.40. The van der Waals surface area contributed by atoms with Crippen molar-refractivity contribution in [2.75, 3.05) is 6.61 Å². The van der Waals surface area contributed by atoms with E-state index in [1.807, 2.05) is 45.0 Å². The maximum absolute atomic E-state index is 13.5. The first-order valence-electron chi connectivity index (χ1n) is 10.6. The van der Waals surface area contributed by atoms with Crippen LogP contribution in [0.15, 0.2) is 48.5 Å². The molecule has 4 rings (SSSR count). The van der Waals surface area contributed by atoms with Gasteiger partial charge in [0.2, 0.25) is 0 Å². The minimum absolute atomic E-state index is 0.175. The van der Waals surface area contributed by atoms with Gasteiger partial charge in [0, 0.05) is 22.9 Å². The number of H-pyrrole nitrogens is 1. The molecule has 0 spiro atoms. The van der Waals surface area contributed by atoms with E-state index in [0.29, 0.717) is 23.0 Å². The third kappa shape index (κ3) is 4.39. The Morgan fingerprint density at radius 1 is 1.22 bits per heavy atom. The predicted molar refractivity (Wildman–Crippen MR) is 119 cm³/mol. The second-order valence-corrected chi connectivity index (χ2v) is 9.42. The standard InChI is InChI=1S/C25H27FN2O4/c1-25(2,3)22(24(30)31)32-13-18-17-7-5-4-6-14(17)11-20(18)28-23(29)21-12-15-10-16(26)8-9-19(15)27-21/h4-10,12,18,20,22,27H,11,13H2,1-3H3,(H,28,29)(H,30,31)/t18-,20-,22?/m1/s1. The van der Waals surface area contributed by atoms with E-state index in [9.17, 15) is 19.1 Å². The fraction of sp³-hybridized carbons (Fsp3) is 0.360. The number of carbonyl (C=O) groups excluding carboxylic acids is 1. The van der Waals surface area contributed by atoms with Crippen LogP contribution >= 0.6 is 0 Å². The molecule has 0 saturated carbocycles. The molecule has 1 heterocycles. The number of aromatic nitrogens is 1. The van der Waals surface area contributed by atoms with Crippen molar-refractivity contribution in [2.24, 2.45) is 5.41 Å². The van der Waals surface area contributed by atoms with Gasteiger partial charge in [0.25, 0.3) is 5.91 Å². The highest BCUT2D eigenvalue weighted by molar-refractivity contribution is 5.98. The van der Waals surface area contributed by atoms with Gasteiger partial charge < -0.3 is 20.1 Å². The van der Waals surface area contributed by atoms with Crippen LogP contribution in [0.5, 0.6) is 0 Å². The first kappa shape index (κ1) is 22.0. The number of fused-ring (bicyclic) bond motifs is 2. The highest BCUT2D eigenvalue weighted by atomic mass is 19.1. The quantitative estimate of drug-likeness (QED) is 0.536. The van der Waals surface area contributed by atoms with E-state index in [1.54, 1.807) is 12.1 Å². The molecule has 6 nitrogen and oxygen atoms in total. The number of aromatic amines is 1. The lowest BCUT2D eigenvalue weighted by Crippen LogP contribution is -2.42. The van der Waals surface area contributed by atoms with E-state index in [4.69, 9.17) is 4.74 Å². The molecule has 168 valence electrons. The molecule has 7 heteroatoms. The van der Waals surface area contributed by atoms with Gasteiger partial charge in [-0.25, -0.2) is 9.18 Å². The summed E-state index contributed by atoms with van der Waals surface area (Å²) in [4.78, 5) is 27.7. The normalized spacial score (nSPS) is 19.0. The molecule has 0 radical (unpaired) electrons. The van der Waals surface area contributed by atoms with Gasteiger partial charge in [-0.05, 0) is 47.2 Å². The highest BCUT2D eigenvalue weighted by Gasteiger charge is 2.37. The minimum atomic E-state index is -1.00. The van der Waals surface area contributed by atoms with Crippen LogP contribution in [0.4, 0.5) is 4.39 Å². The number of rotatable bonds is 6. The fourth-order valence-corrected chi connectivity index (χ4v) is 4.40. The van der Waals surface area contributed by atoms with Crippen molar-refractivity contribution in [3.8, 4) is 0 Å². The lowest BCUT2D eigenvalue weighted by atomic mass is 9.89. The third-order valence-corrected chi connectivity index (χ3v) is 5.98. The topological polar surface area (TPSA) is 91.4 Å². The van der Waals surface area contributed by atoms with Crippen LogP contribution < -0.4 is 5.32 Å². The van der Waals surface area contributed by atoms with Crippen molar-refractivity contribution in [2.45, 2.75) is 45.3 Å². The molecule has 0 saturated heterocycles. The molecule has 2 aromatic carbocycles. The maximum Gasteiger partial charge on any atom is 0.333 e. The monoisotopic (exact) mass is 438 g/mol.